The van der Waals surface area contributed by atoms with Gasteiger partial charge in [0.15, 0.2) is 0 Å². The lowest BCUT2D eigenvalue weighted by Gasteiger charge is -2.06. The number of ether oxygens (including phenoxy) is 1. The lowest BCUT2D eigenvalue weighted by atomic mass is 10.1. The molecule has 0 spiro atoms. The van der Waals surface area contributed by atoms with Crippen LogP contribution in [0.2, 0.25) is 0 Å². The molecule has 1 amide bonds. The third kappa shape index (κ3) is 3.85. The summed E-state index contributed by atoms with van der Waals surface area (Å²) >= 11 is 0. The summed E-state index contributed by atoms with van der Waals surface area (Å²) in [6.45, 7) is 0.799. The molecule has 124 valence electrons. The van der Waals surface area contributed by atoms with Gasteiger partial charge in [0.25, 0.3) is 5.91 Å². The van der Waals surface area contributed by atoms with Crippen LogP contribution >= 0.6 is 0 Å². The van der Waals surface area contributed by atoms with E-state index in [4.69, 9.17) is 15.7 Å². The van der Waals surface area contributed by atoms with Gasteiger partial charge in [-0.25, -0.2) is 0 Å². The molecule has 6 nitrogen and oxygen atoms in total. The van der Waals surface area contributed by atoms with Gasteiger partial charge in [0.05, 0.1) is 23.7 Å². The van der Waals surface area contributed by atoms with Gasteiger partial charge < -0.3 is 10.5 Å². The van der Waals surface area contributed by atoms with Crippen LogP contribution in [0.5, 0.6) is 5.75 Å². The van der Waals surface area contributed by atoms with Gasteiger partial charge in [0.2, 0.25) is 0 Å². The standard InChI is InChI=1S/C19H16N4O2/c20-12-14-5-4-8-16(11-14)25-10-9-23-13-17(19(21)24)18(22-23)15-6-2-1-3-7-15/h1-8,11,13H,9-10H2,(H2,21,24). The number of nitriles is 1. The number of carbonyl (C=O) groups excluding carboxylic acids is 1. The van der Waals surface area contributed by atoms with Crippen LogP contribution in [0, 0.1) is 11.3 Å². The number of nitrogens with two attached hydrogens (primary N) is 1. The van der Waals surface area contributed by atoms with E-state index in [-0.39, 0.29) is 0 Å². The molecule has 0 bridgehead atoms. The van der Waals surface area contributed by atoms with Crippen LogP contribution in [-0.4, -0.2) is 22.3 Å². The van der Waals surface area contributed by atoms with Crippen molar-refractivity contribution in [3.8, 4) is 23.1 Å². The van der Waals surface area contributed by atoms with Gasteiger partial charge in [-0.2, -0.15) is 10.4 Å². The second-order valence-corrected chi connectivity index (χ2v) is 5.37. The first kappa shape index (κ1) is 16.3. The molecule has 25 heavy (non-hydrogen) atoms. The van der Waals surface area contributed by atoms with Gasteiger partial charge in [-0.15, -0.1) is 0 Å². The van der Waals surface area contributed by atoms with Crippen LogP contribution in [0.3, 0.4) is 0 Å². The Bertz CT molecular complexity index is 926. The molecule has 0 unspecified atom stereocenters. The maximum absolute atomic E-state index is 11.7. The molecule has 1 aromatic heterocycles. The zero-order valence-corrected chi connectivity index (χ0v) is 13.4. The lowest BCUT2D eigenvalue weighted by molar-refractivity contribution is 0.100. The normalized spacial score (nSPS) is 10.2. The Hall–Kier alpha value is -3.59. The fourth-order valence-corrected chi connectivity index (χ4v) is 2.44. The molecule has 0 radical (unpaired) electrons. The van der Waals surface area contributed by atoms with E-state index in [0.29, 0.717) is 35.7 Å². The molecule has 2 aromatic carbocycles. The highest BCUT2D eigenvalue weighted by atomic mass is 16.5. The summed E-state index contributed by atoms with van der Waals surface area (Å²) < 4.78 is 7.28. The predicted molar refractivity (Wildman–Crippen MR) is 92.8 cm³/mol. The Morgan fingerprint density at radius 1 is 1.20 bits per heavy atom. The molecule has 1 heterocycles. The Morgan fingerprint density at radius 2 is 2.00 bits per heavy atom. The molecule has 3 rings (SSSR count). The number of aromatic nitrogens is 2. The van der Waals surface area contributed by atoms with Crippen LogP contribution in [-0.2, 0) is 6.54 Å². The zero-order valence-electron chi connectivity index (χ0n) is 13.4. The lowest BCUT2D eigenvalue weighted by Crippen LogP contribution is -2.11. The minimum Gasteiger partial charge on any atom is -0.492 e. The third-order valence-electron chi connectivity index (χ3n) is 3.63. The topological polar surface area (TPSA) is 93.9 Å². The summed E-state index contributed by atoms with van der Waals surface area (Å²) in [6, 6.07) is 18.4. The van der Waals surface area contributed by atoms with Crippen molar-refractivity contribution in [2.45, 2.75) is 6.54 Å². The Balaban J connectivity index is 1.73. The molecule has 6 heteroatoms. The molecule has 0 aliphatic heterocycles. The van der Waals surface area contributed by atoms with E-state index in [1.165, 1.54) is 0 Å². The molecule has 0 fully saturated rings. The van der Waals surface area contributed by atoms with E-state index in [0.717, 1.165) is 5.56 Å². The predicted octanol–water partition coefficient (Wildman–Crippen LogP) is 2.60. The average Bonchev–Trinajstić information content (AvgIpc) is 3.07. The number of hydrogen-bond acceptors (Lipinski definition) is 4. The van der Waals surface area contributed by atoms with Gasteiger partial charge in [-0.1, -0.05) is 36.4 Å². The summed E-state index contributed by atoms with van der Waals surface area (Å²) in [4.78, 5) is 11.7. The van der Waals surface area contributed by atoms with E-state index in [2.05, 4.69) is 11.2 Å². The number of carbonyl (C=O) groups is 1. The summed E-state index contributed by atoms with van der Waals surface area (Å²) in [7, 11) is 0. The van der Waals surface area contributed by atoms with Gasteiger partial charge in [0, 0.05) is 11.8 Å². The fraction of sp³-hybridized carbons (Fsp3) is 0.105. The largest absolute Gasteiger partial charge is 0.492 e. The van der Waals surface area contributed by atoms with E-state index in [9.17, 15) is 4.79 Å². The van der Waals surface area contributed by atoms with Crippen molar-refractivity contribution in [1.82, 2.24) is 9.78 Å². The van der Waals surface area contributed by atoms with Gasteiger partial charge in [0.1, 0.15) is 18.1 Å². The van der Waals surface area contributed by atoms with E-state index < -0.39 is 5.91 Å². The molecule has 0 atom stereocenters. The van der Waals surface area contributed by atoms with Gasteiger partial charge in [-0.3, -0.25) is 9.48 Å². The van der Waals surface area contributed by atoms with Crippen molar-refractivity contribution < 1.29 is 9.53 Å². The number of amides is 1. The fourth-order valence-electron chi connectivity index (χ4n) is 2.44. The quantitative estimate of drug-likeness (QED) is 0.750. The second-order valence-electron chi connectivity index (χ2n) is 5.37. The Morgan fingerprint density at radius 3 is 2.72 bits per heavy atom. The molecular weight excluding hydrogens is 316 g/mol. The molecule has 0 aliphatic rings. The van der Waals surface area contributed by atoms with Crippen LogP contribution in [0.25, 0.3) is 11.3 Å². The Labute approximate surface area is 145 Å². The number of hydrogen-bond donors (Lipinski definition) is 1. The van der Waals surface area contributed by atoms with Crippen LogP contribution in [0.4, 0.5) is 0 Å². The summed E-state index contributed by atoms with van der Waals surface area (Å²) in [5, 5.41) is 13.3. The van der Waals surface area contributed by atoms with Gasteiger partial charge >= 0.3 is 0 Å². The second kappa shape index (κ2) is 7.32. The van der Waals surface area contributed by atoms with E-state index >= 15 is 0 Å². The van der Waals surface area contributed by atoms with Crippen molar-refractivity contribution in [3.63, 3.8) is 0 Å². The maximum atomic E-state index is 11.7. The summed E-state index contributed by atoms with van der Waals surface area (Å²) in [5.74, 6) is 0.0948. The number of rotatable bonds is 6. The third-order valence-corrected chi connectivity index (χ3v) is 3.63. The van der Waals surface area contributed by atoms with Gasteiger partial charge in [-0.05, 0) is 18.2 Å². The van der Waals surface area contributed by atoms with E-state index in [1.54, 1.807) is 35.1 Å². The first-order chi connectivity index (χ1) is 12.2. The minimum atomic E-state index is -0.521. The summed E-state index contributed by atoms with van der Waals surface area (Å²) in [6.07, 6.45) is 1.62. The minimum absolute atomic E-state index is 0.350. The molecule has 0 saturated heterocycles. The monoisotopic (exact) mass is 332 g/mol. The number of nitrogens with zero attached hydrogens (tertiary/aromatic N) is 3. The highest BCUT2D eigenvalue weighted by Gasteiger charge is 2.15. The summed E-state index contributed by atoms with van der Waals surface area (Å²) in [5.41, 5.74) is 7.76. The molecule has 0 aliphatic carbocycles. The SMILES string of the molecule is N#Cc1cccc(OCCn2cc(C(N)=O)c(-c3ccccc3)n2)c1. The van der Waals surface area contributed by atoms with Crippen molar-refractivity contribution in [2.75, 3.05) is 6.61 Å². The number of benzene rings is 2. The van der Waals surface area contributed by atoms with E-state index in [1.807, 2.05) is 30.3 Å². The van der Waals surface area contributed by atoms with Crippen molar-refractivity contribution in [2.24, 2.45) is 5.73 Å². The van der Waals surface area contributed by atoms with Crippen LogP contribution < -0.4 is 10.5 Å². The first-order valence-electron chi connectivity index (χ1n) is 7.73. The van der Waals surface area contributed by atoms with Crippen molar-refractivity contribution in [3.05, 3.63) is 71.9 Å². The molecule has 2 N–H and O–H groups in total. The Kier molecular flexibility index (Phi) is 4.77. The number of primary amides is 1. The van der Waals surface area contributed by atoms with Crippen molar-refractivity contribution >= 4 is 5.91 Å². The van der Waals surface area contributed by atoms with Crippen LogP contribution in [0.15, 0.2) is 60.8 Å². The van der Waals surface area contributed by atoms with Crippen molar-refractivity contribution in [1.29, 1.82) is 5.26 Å². The molecule has 3 aromatic rings. The molecule has 0 saturated carbocycles. The maximum Gasteiger partial charge on any atom is 0.252 e. The smallest absolute Gasteiger partial charge is 0.252 e. The highest BCUT2D eigenvalue weighted by Crippen LogP contribution is 2.21. The van der Waals surface area contributed by atoms with Crippen LogP contribution in [0.1, 0.15) is 15.9 Å². The zero-order chi connectivity index (χ0) is 17.6. The average molecular weight is 332 g/mol. The first-order valence-corrected chi connectivity index (χ1v) is 7.73. The molecular formula is C19H16N4O2. The highest BCUT2D eigenvalue weighted by molar-refractivity contribution is 5.98.